The number of likely N-dealkylation sites (N-methyl/N-ethyl adjacent to an activating group) is 1. The van der Waals surface area contributed by atoms with Gasteiger partial charge >= 0.3 is 0 Å². The molecule has 5 nitrogen and oxygen atoms in total. The molecule has 0 saturated heterocycles. The molecule has 24 heavy (non-hydrogen) atoms. The van der Waals surface area contributed by atoms with E-state index in [4.69, 9.17) is 0 Å². The quantitative estimate of drug-likeness (QED) is 0.707. The van der Waals surface area contributed by atoms with Gasteiger partial charge in [-0.15, -0.1) is 0 Å². The molecule has 0 saturated carbocycles. The van der Waals surface area contributed by atoms with Crippen LogP contribution in [0.5, 0.6) is 0 Å². The van der Waals surface area contributed by atoms with Gasteiger partial charge in [0.05, 0.1) is 7.05 Å². The Morgan fingerprint density at radius 1 is 1.12 bits per heavy atom. The number of carbonyl (C=O) groups excluding carboxylic acids is 2. The predicted molar refractivity (Wildman–Crippen MR) is 98.4 cm³/mol. The third-order valence-electron chi connectivity index (χ3n) is 4.20. The van der Waals surface area contributed by atoms with Crippen molar-refractivity contribution in [2.45, 2.75) is 59.5 Å². The van der Waals surface area contributed by atoms with Gasteiger partial charge in [0.25, 0.3) is 11.8 Å². The van der Waals surface area contributed by atoms with Gasteiger partial charge in [0.15, 0.2) is 12.6 Å². The molecular formula is C19H32N3O2+. The van der Waals surface area contributed by atoms with E-state index in [1.807, 2.05) is 52.9 Å². The van der Waals surface area contributed by atoms with E-state index in [1.54, 1.807) is 0 Å². The third-order valence-corrected chi connectivity index (χ3v) is 4.20. The Kier molecular flexibility index (Phi) is 7.42. The molecule has 1 aromatic rings. The van der Waals surface area contributed by atoms with Crippen molar-refractivity contribution in [3.05, 3.63) is 29.3 Å². The zero-order valence-electron chi connectivity index (χ0n) is 16.0. The second-order valence-electron chi connectivity index (χ2n) is 7.15. The molecule has 0 aromatic heterocycles. The minimum absolute atomic E-state index is 0.0408. The molecule has 3 N–H and O–H groups in total. The van der Waals surface area contributed by atoms with E-state index in [-0.39, 0.29) is 30.4 Å². The number of nitrogens with one attached hydrogen (secondary N) is 3. The number of hydrogen-bond acceptors (Lipinski definition) is 2. The van der Waals surface area contributed by atoms with Crippen molar-refractivity contribution in [2.75, 3.05) is 18.9 Å². The highest BCUT2D eigenvalue weighted by atomic mass is 16.2. The van der Waals surface area contributed by atoms with Gasteiger partial charge in [0.2, 0.25) is 0 Å². The maximum absolute atomic E-state index is 12.6. The number of hydrogen-bond donors (Lipinski definition) is 3. The summed E-state index contributed by atoms with van der Waals surface area (Å²) in [6.45, 7) is 12.2. The van der Waals surface area contributed by atoms with Gasteiger partial charge < -0.3 is 15.5 Å². The molecule has 134 valence electrons. The van der Waals surface area contributed by atoms with Crippen LogP contribution in [0, 0.1) is 6.92 Å². The summed E-state index contributed by atoms with van der Waals surface area (Å²) < 4.78 is 0. The van der Waals surface area contributed by atoms with Crippen molar-refractivity contribution < 1.29 is 14.5 Å². The monoisotopic (exact) mass is 334 g/mol. The fraction of sp³-hybridized carbons (Fsp3) is 0.579. The van der Waals surface area contributed by atoms with Gasteiger partial charge in [-0.2, -0.15) is 0 Å². The van der Waals surface area contributed by atoms with Crippen molar-refractivity contribution >= 4 is 17.5 Å². The first-order valence-electron chi connectivity index (χ1n) is 8.65. The van der Waals surface area contributed by atoms with E-state index < -0.39 is 0 Å². The first-order chi connectivity index (χ1) is 11.1. The van der Waals surface area contributed by atoms with Crippen LogP contribution < -0.4 is 15.5 Å². The van der Waals surface area contributed by atoms with Crippen molar-refractivity contribution in [2.24, 2.45) is 0 Å². The van der Waals surface area contributed by atoms with E-state index in [2.05, 4.69) is 24.5 Å². The smallest absolute Gasteiger partial charge is 0.282 e. The third kappa shape index (κ3) is 5.64. The van der Waals surface area contributed by atoms with Crippen molar-refractivity contribution in [1.29, 1.82) is 0 Å². The van der Waals surface area contributed by atoms with Crippen molar-refractivity contribution in [1.82, 2.24) is 5.32 Å². The molecule has 0 heterocycles. The number of amides is 2. The van der Waals surface area contributed by atoms with Crippen molar-refractivity contribution in [3.63, 3.8) is 0 Å². The number of para-hydroxylation sites is 1. The highest BCUT2D eigenvalue weighted by molar-refractivity contribution is 5.95. The average molecular weight is 334 g/mol. The van der Waals surface area contributed by atoms with Gasteiger partial charge in [-0.05, 0) is 44.7 Å². The molecule has 1 rings (SSSR count). The summed E-state index contributed by atoms with van der Waals surface area (Å²) in [6.07, 6.45) is 0. The average Bonchev–Trinajstić information content (AvgIpc) is 2.46. The molecule has 5 heteroatoms. The molecule has 2 atom stereocenters. The zero-order valence-corrected chi connectivity index (χ0v) is 16.0. The summed E-state index contributed by atoms with van der Waals surface area (Å²) in [4.78, 5) is 25.4. The van der Waals surface area contributed by atoms with Crippen LogP contribution in [0.4, 0.5) is 5.69 Å². The molecule has 2 amide bonds. The van der Waals surface area contributed by atoms with E-state index in [1.165, 1.54) is 0 Å². The Morgan fingerprint density at radius 2 is 1.75 bits per heavy atom. The van der Waals surface area contributed by atoms with Crippen molar-refractivity contribution in [3.8, 4) is 0 Å². The summed E-state index contributed by atoms with van der Waals surface area (Å²) in [5.41, 5.74) is 3.08. The van der Waals surface area contributed by atoms with Crippen LogP contribution in [0.25, 0.3) is 0 Å². The van der Waals surface area contributed by atoms with Gasteiger partial charge in [0.1, 0.15) is 0 Å². The Labute approximate surface area is 145 Å². The number of anilines is 1. The largest absolute Gasteiger partial charge is 0.349 e. The fourth-order valence-electron chi connectivity index (χ4n) is 2.58. The molecule has 0 spiro atoms. The lowest BCUT2D eigenvalue weighted by molar-refractivity contribution is -0.885. The normalized spacial score (nSPS) is 13.7. The van der Waals surface area contributed by atoms with Crippen LogP contribution in [-0.4, -0.2) is 37.5 Å². The minimum atomic E-state index is -0.317. The lowest BCUT2D eigenvalue weighted by atomic mass is 9.98. The predicted octanol–water partition coefficient (Wildman–Crippen LogP) is 1.48. The number of rotatable bonds is 7. The van der Waals surface area contributed by atoms with Gasteiger partial charge in [-0.3, -0.25) is 9.59 Å². The SMILES string of the molecule is Cc1cccc(C(C)C)c1NC(=O)[C@@H](C)[NH+](C)CC(=O)NC(C)C. The molecule has 0 fully saturated rings. The highest BCUT2D eigenvalue weighted by Gasteiger charge is 2.25. The fourth-order valence-corrected chi connectivity index (χ4v) is 2.58. The molecular weight excluding hydrogens is 302 g/mol. The summed E-state index contributed by atoms with van der Waals surface area (Å²) in [5.74, 6) is 0.222. The van der Waals surface area contributed by atoms with Crippen LogP contribution in [0.1, 0.15) is 51.7 Å². The first-order valence-corrected chi connectivity index (χ1v) is 8.65. The number of aryl methyl sites for hydroxylation is 1. The van der Waals surface area contributed by atoms with Crippen LogP contribution >= 0.6 is 0 Å². The number of quaternary nitrogens is 1. The second-order valence-corrected chi connectivity index (χ2v) is 7.15. The maximum Gasteiger partial charge on any atom is 0.282 e. The van der Waals surface area contributed by atoms with E-state index in [0.717, 1.165) is 21.7 Å². The summed E-state index contributed by atoms with van der Waals surface area (Å²) in [6, 6.07) is 5.85. The molecule has 0 radical (unpaired) electrons. The maximum atomic E-state index is 12.6. The lowest BCUT2D eigenvalue weighted by Gasteiger charge is -2.23. The molecule has 0 aliphatic heterocycles. The summed E-state index contributed by atoms with van der Waals surface area (Å²) >= 11 is 0. The summed E-state index contributed by atoms with van der Waals surface area (Å²) in [5, 5.41) is 5.92. The Bertz CT molecular complexity index is 582. The lowest BCUT2D eigenvalue weighted by Crippen LogP contribution is -3.15. The molecule has 1 aromatic carbocycles. The van der Waals surface area contributed by atoms with Crippen LogP contribution in [0.15, 0.2) is 18.2 Å². The second kappa shape index (κ2) is 8.83. The highest BCUT2D eigenvalue weighted by Crippen LogP contribution is 2.27. The minimum Gasteiger partial charge on any atom is -0.349 e. The first kappa shape index (κ1) is 20.2. The zero-order chi connectivity index (χ0) is 18.4. The number of benzene rings is 1. The Morgan fingerprint density at radius 3 is 2.29 bits per heavy atom. The number of carbonyl (C=O) groups is 2. The standard InChI is InChI=1S/C19H31N3O2/c1-12(2)16-10-8-9-14(5)18(16)21-19(24)15(6)22(7)11-17(23)20-13(3)4/h8-10,12-13,15H,11H2,1-7H3,(H,20,23)(H,21,24)/p+1/t15-/m1/s1. The molecule has 0 aliphatic carbocycles. The molecule has 0 aliphatic rings. The molecule has 0 bridgehead atoms. The van der Waals surface area contributed by atoms with E-state index in [9.17, 15) is 9.59 Å². The van der Waals surface area contributed by atoms with Crippen LogP contribution in [-0.2, 0) is 9.59 Å². The molecule has 1 unspecified atom stereocenters. The Hall–Kier alpha value is -1.88. The van der Waals surface area contributed by atoms with E-state index >= 15 is 0 Å². The van der Waals surface area contributed by atoms with E-state index in [0.29, 0.717) is 5.92 Å². The van der Waals surface area contributed by atoms with Crippen LogP contribution in [0.3, 0.4) is 0 Å². The Balaban J connectivity index is 2.79. The van der Waals surface area contributed by atoms with Crippen LogP contribution in [0.2, 0.25) is 0 Å². The van der Waals surface area contributed by atoms with Gasteiger partial charge in [-0.1, -0.05) is 32.0 Å². The van der Waals surface area contributed by atoms with Gasteiger partial charge in [0, 0.05) is 11.7 Å². The topological polar surface area (TPSA) is 62.6 Å². The van der Waals surface area contributed by atoms with Gasteiger partial charge in [-0.25, -0.2) is 0 Å². The summed E-state index contributed by atoms with van der Waals surface area (Å²) in [7, 11) is 1.87.